The van der Waals surface area contributed by atoms with Crippen LogP contribution >= 0.6 is 0 Å². The van der Waals surface area contributed by atoms with Crippen LogP contribution in [-0.4, -0.2) is 22.5 Å². The van der Waals surface area contributed by atoms with E-state index in [1.54, 1.807) is 6.07 Å². The third-order valence-corrected chi connectivity index (χ3v) is 3.64. The minimum absolute atomic E-state index is 0.0404. The molecule has 1 aromatic heterocycles. The van der Waals surface area contributed by atoms with Gasteiger partial charge in [-0.15, -0.1) is 0 Å². The number of amides is 2. The van der Waals surface area contributed by atoms with Crippen LogP contribution in [-0.2, 0) is 19.5 Å². The molecule has 1 aliphatic heterocycles. The SMILES string of the molecule is Nc1ccc2c(n1)CCN(C(=O)NCc1ccccc1)C2. The maximum atomic E-state index is 12.2. The Bertz CT molecular complexity index is 642. The van der Waals surface area contributed by atoms with Gasteiger partial charge < -0.3 is 16.0 Å². The van der Waals surface area contributed by atoms with E-state index in [-0.39, 0.29) is 6.03 Å². The van der Waals surface area contributed by atoms with Crippen molar-refractivity contribution in [2.45, 2.75) is 19.5 Å². The van der Waals surface area contributed by atoms with Crippen molar-refractivity contribution in [1.29, 1.82) is 0 Å². The molecule has 0 radical (unpaired) electrons. The van der Waals surface area contributed by atoms with Crippen molar-refractivity contribution >= 4 is 11.8 Å². The van der Waals surface area contributed by atoms with E-state index < -0.39 is 0 Å². The number of nitrogens with one attached hydrogen (secondary N) is 1. The first kappa shape index (κ1) is 13.4. The number of fused-ring (bicyclic) bond motifs is 1. The van der Waals surface area contributed by atoms with Gasteiger partial charge in [0.05, 0.1) is 0 Å². The number of pyridine rings is 1. The van der Waals surface area contributed by atoms with E-state index >= 15 is 0 Å². The highest BCUT2D eigenvalue weighted by molar-refractivity contribution is 5.74. The van der Waals surface area contributed by atoms with E-state index in [1.807, 2.05) is 41.3 Å². The number of nitrogen functional groups attached to an aromatic ring is 1. The number of rotatable bonds is 2. The summed E-state index contributed by atoms with van der Waals surface area (Å²) in [5.74, 6) is 0.538. The van der Waals surface area contributed by atoms with Gasteiger partial charge >= 0.3 is 6.03 Å². The molecule has 0 spiro atoms. The standard InChI is InChI=1S/C16H18N4O/c17-15-7-6-13-11-20(9-8-14(13)19-15)16(21)18-10-12-4-2-1-3-5-12/h1-7H,8-11H2,(H2,17,19)(H,18,21). The summed E-state index contributed by atoms with van der Waals surface area (Å²) in [6, 6.07) is 13.6. The average molecular weight is 282 g/mol. The molecular formula is C16H18N4O. The number of hydrogen-bond donors (Lipinski definition) is 2. The summed E-state index contributed by atoms with van der Waals surface area (Å²) >= 11 is 0. The number of carbonyl (C=O) groups excluding carboxylic acids is 1. The molecular weight excluding hydrogens is 264 g/mol. The van der Waals surface area contributed by atoms with Crippen molar-refractivity contribution in [1.82, 2.24) is 15.2 Å². The van der Waals surface area contributed by atoms with Crippen molar-refractivity contribution in [2.24, 2.45) is 0 Å². The van der Waals surface area contributed by atoms with Gasteiger partial charge in [-0.1, -0.05) is 36.4 Å². The summed E-state index contributed by atoms with van der Waals surface area (Å²) < 4.78 is 0. The number of anilines is 1. The predicted molar refractivity (Wildman–Crippen MR) is 81.4 cm³/mol. The summed E-state index contributed by atoms with van der Waals surface area (Å²) in [5, 5.41) is 2.95. The van der Waals surface area contributed by atoms with Crippen LogP contribution in [0.5, 0.6) is 0 Å². The highest BCUT2D eigenvalue weighted by Crippen LogP contribution is 2.18. The number of nitrogens with two attached hydrogens (primary N) is 1. The molecule has 21 heavy (non-hydrogen) atoms. The Labute approximate surface area is 123 Å². The predicted octanol–water partition coefficient (Wildman–Crippen LogP) is 1.93. The van der Waals surface area contributed by atoms with Crippen LogP contribution in [0.1, 0.15) is 16.8 Å². The van der Waals surface area contributed by atoms with E-state index in [2.05, 4.69) is 10.3 Å². The molecule has 0 fully saturated rings. The van der Waals surface area contributed by atoms with Gasteiger partial charge in [0.25, 0.3) is 0 Å². The largest absolute Gasteiger partial charge is 0.384 e. The Balaban J connectivity index is 1.60. The molecule has 108 valence electrons. The number of carbonyl (C=O) groups is 1. The zero-order chi connectivity index (χ0) is 14.7. The van der Waals surface area contributed by atoms with Crippen molar-refractivity contribution in [3.8, 4) is 0 Å². The molecule has 0 atom stereocenters. The number of hydrogen-bond acceptors (Lipinski definition) is 3. The van der Waals surface area contributed by atoms with Crippen LogP contribution in [0.2, 0.25) is 0 Å². The molecule has 1 aliphatic rings. The van der Waals surface area contributed by atoms with Crippen LogP contribution in [0.15, 0.2) is 42.5 Å². The van der Waals surface area contributed by atoms with E-state index in [1.165, 1.54) is 0 Å². The summed E-state index contributed by atoms with van der Waals surface area (Å²) in [4.78, 5) is 18.3. The molecule has 0 saturated carbocycles. The smallest absolute Gasteiger partial charge is 0.317 e. The van der Waals surface area contributed by atoms with Gasteiger partial charge in [-0.25, -0.2) is 9.78 Å². The molecule has 2 heterocycles. The van der Waals surface area contributed by atoms with Crippen molar-refractivity contribution in [3.05, 3.63) is 59.3 Å². The number of benzene rings is 1. The third kappa shape index (κ3) is 3.13. The molecule has 0 bridgehead atoms. The second-order valence-corrected chi connectivity index (χ2v) is 5.16. The van der Waals surface area contributed by atoms with E-state index in [4.69, 9.17) is 5.73 Å². The minimum Gasteiger partial charge on any atom is -0.384 e. The van der Waals surface area contributed by atoms with Crippen LogP contribution in [0.4, 0.5) is 10.6 Å². The van der Waals surface area contributed by atoms with Gasteiger partial charge in [0.15, 0.2) is 0 Å². The van der Waals surface area contributed by atoms with E-state index in [9.17, 15) is 4.79 Å². The second-order valence-electron chi connectivity index (χ2n) is 5.16. The number of nitrogens with zero attached hydrogens (tertiary/aromatic N) is 2. The van der Waals surface area contributed by atoms with Crippen LogP contribution in [0.3, 0.4) is 0 Å². The Morgan fingerprint density at radius 2 is 2.05 bits per heavy atom. The normalized spacial score (nSPS) is 13.6. The summed E-state index contributed by atoms with van der Waals surface area (Å²) in [6.07, 6.45) is 0.749. The van der Waals surface area contributed by atoms with Gasteiger partial charge in [0, 0.05) is 31.7 Å². The monoisotopic (exact) mass is 282 g/mol. The third-order valence-electron chi connectivity index (χ3n) is 3.64. The molecule has 0 unspecified atom stereocenters. The topological polar surface area (TPSA) is 71.2 Å². The molecule has 1 aromatic carbocycles. The quantitative estimate of drug-likeness (QED) is 0.884. The van der Waals surface area contributed by atoms with Gasteiger partial charge in [-0.2, -0.15) is 0 Å². The van der Waals surface area contributed by atoms with Crippen molar-refractivity contribution in [3.63, 3.8) is 0 Å². The van der Waals surface area contributed by atoms with Gasteiger partial charge in [0.1, 0.15) is 5.82 Å². The van der Waals surface area contributed by atoms with Crippen LogP contribution < -0.4 is 11.1 Å². The highest BCUT2D eigenvalue weighted by Gasteiger charge is 2.21. The highest BCUT2D eigenvalue weighted by atomic mass is 16.2. The maximum absolute atomic E-state index is 12.2. The summed E-state index contributed by atoms with van der Waals surface area (Å²) in [6.45, 7) is 1.80. The molecule has 2 amide bonds. The molecule has 2 aromatic rings. The Morgan fingerprint density at radius 1 is 1.24 bits per heavy atom. The molecule has 5 heteroatoms. The fourth-order valence-electron chi connectivity index (χ4n) is 2.49. The molecule has 5 nitrogen and oxygen atoms in total. The van der Waals surface area contributed by atoms with E-state index in [0.29, 0.717) is 25.5 Å². The fourth-order valence-corrected chi connectivity index (χ4v) is 2.49. The lowest BCUT2D eigenvalue weighted by atomic mass is 10.1. The second kappa shape index (κ2) is 5.83. The Hall–Kier alpha value is -2.56. The van der Waals surface area contributed by atoms with Crippen molar-refractivity contribution < 1.29 is 4.79 Å². The molecule has 3 N–H and O–H groups in total. The van der Waals surface area contributed by atoms with Gasteiger partial charge in [-0.05, 0) is 17.2 Å². The Kier molecular flexibility index (Phi) is 3.73. The van der Waals surface area contributed by atoms with E-state index in [0.717, 1.165) is 23.2 Å². The van der Waals surface area contributed by atoms with Gasteiger partial charge in [0.2, 0.25) is 0 Å². The first-order chi connectivity index (χ1) is 10.2. The molecule has 0 aliphatic carbocycles. The summed E-state index contributed by atoms with van der Waals surface area (Å²) in [7, 11) is 0. The van der Waals surface area contributed by atoms with Crippen LogP contribution in [0.25, 0.3) is 0 Å². The summed E-state index contributed by atoms with van der Waals surface area (Å²) in [5.41, 5.74) is 8.86. The minimum atomic E-state index is -0.0404. The lowest BCUT2D eigenvalue weighted by Crippen LogP contribution is -2.42. The fraction of sp³-hybridized carbons (Fsp3) is 0.250. The van der Waals surface area contributed by atoms with Crippen LogP contribution in [0, 0.1) is 0 Å². The number of aromatic nitrogens is 1. The molecule has 0 saturated heterocycles. The molecule has 3 rings (SSSR count). The average Bonchev–Trinajstić information content (AvgIpc) is 2.53. The lowest BCUT2D eigenvalue weighted by Gasteiger charge is -2.28. The number of urea groups is 1. The first-order valence-corrected chi connectivity index (χ1v) is 7.03. The van der Waals surface area contributed by atoms with Crippen molar-refractivity contribution in [2.75, 3.05) is 12.3 Å². The maximum Gasteiger partial charge on any atom is 0.317 e. The van der Waals surface area contributed by atoms with Gasteiger partial charge in [-0.3, -0.25) is 0 Å². The zero-order valence-electron chi connectivity index (χ0n) is 11.7. The Morgan fingerprint density at radius 3 is 2.86 bits per heavy atom. The zero-order valence-corrected chi connectivity index (χ0v) is 11.7. The first-order valence-electron chi connectivity index (χ1n) is 7.03. The lowest BCUT2D eigenvalue weighted by molar-refractivity contribution is 0.191.